The molecule has 1 aromatic carbocycles. The Morgan fingerprint density at radius 3 is 2.83 bits per heavy atom. The van der Waals surface area contributed by atoms with Crippen LogP contribution in [0, 0.1) is 12.8 Å². The van der Waals surface area contributed by atoms with Gasteiger partial charge in [0, 0.05) is 13.1 Å². The molecule has 1 N–H and O–H groups in total. The molecule has 0 bridgehead atoms. The van der Waals surface area contributed by atoms with E-state index in [1.54, 1.807) is 23.5 Å². The molecule has 0 saturated carbocycles. The first kappa shape index (κ1) is 21.2. The number of aromatic nitrogens is 2. The van der Waals surface area contributed by atoms with E-state index < -0.39 is 10.0 Å². The number of likely N-dealkylation sites (tertiary alicyclic amines) is 1. The van der Waals surface area contributed by atoms with E-state index in [4.69, 9.17) is 4.52 Å². The van der Waals surface area contributed by atoms with E-state index >= 15 is 0 Å². The van der Waals surface area contributed by atoms with Gasteiger partial charge in [0.15, 0.2) is 0 Å². The van der Waals surface area contributed by atoms with Crippen molar-refractivity contribution >= 4 is 21.4 Å². The summed E-state index contributed by atoms with van der Waals surface area (Å²) < 4.78 is 33.5. The van der Waals surface area contributed by atoms with Gasteiger partial charge in [0.25, 0.3) is 0 Å². The molecule has 0 spiro atoms. The normalized spacial score (nSPS) is 19.1. The molecule has 3 aromatic rings. The fourth-order valence-corrected chi connectivity index (χ4v) is 5.48. The smallest absolute Gasteiger partial charge is 0.244 e. The lowest BCUT2D eigenvalue weighted by atomic mass is 9.97. The second-order valence-corrected chi connectivity index (χ2v) is 10.5. The number of rotatable bonds is 7. The molecule has 2 unspecified atom stereocenters. The minimum absolute atomic E-state index is 0.0114. The summed E-state index contributed by atoms with van der Waals surface area (Å²) in [6.07, 6.45) is 2.00. The van der Waals surface area contributed by atoms with Crippen molar-refractivity contribution in [2.24, 2.45) is 5.92 Å². The van der Waals surface area contributed by atoms with Crippen molar-refractivity contribution in [3.8, 4) is 10.7 Å². The van der Waals surface area contributed by atoms with Gasteiger partial charge in [-0.15, -0.1) is 11.3 Å². The number of piperidine rings is 1. The third kappa shape index (κ3) is 4.80. The molecule has 9 heteroatoms. The number of nitrogens with one attached hydrogen (secondary N) is 1. The van der Waals surface area contributed by atoms with Crippen molar-refractivity contribution in [1.82, 2.24) is 19.8 Å². The summed E-state index contributed by atoms with van der Waals surface area (Å²) in [5.41, 5.74) is 1.04. The van der Waals surface area contributed by atoms with Crippen LogP contribution in [0.2, 0.25) is 0 Å². The third-order valence-corrected chi connectivity index (χ3v) is 7.84. The molecule has 0 aliphatic carbocycles. The monoisotopic (exact) mass is 446 g/mol. The molecular weight excluding hydrogens is 420 g/mol. The van der Waals surface area contributed by atoms with Crippen LogP contribution < -0.4 is 4.72 Å². The molecule has 0 radical (unpaired) electrons. The molecule has 1 aliphatic heterocycles. The Bertz CT molecular complexity index is 1060. The Balaban J connectivity index is 1.36. The first-order chi connectivity index (χ1) is 14.4. The van der Waals surface area contributed by atoms with E-state index in [0.717, 1.165) is 36.4 Å². The number of hydrogen-bond donors (Lipinski definition) is 1. The second kappa shape index (κ2) is 8.97. The van der Waals surface area contributed by atoms with E-state index in [1.807, 2.05) is 36.6 Å². The number of sulfonamides is 1. The molecule has 1 fully saturated rings. The summed E-state index contributed by atoms with van der Waals surface area (Å²) in [7, 11) is -3.50. The molecule has 3 heterocycles. The fourth-order valence-electron chi connectivity index (χ4n) is 3.71. The molecule has 1 saturated heterocycles. The van der Waals surface area contributed by atoms with Gasteiger partial charge >= 0.3 is 0 Å². The highest BCUT2D eigenvalue weighted by atomic mass is 32.2. The van der Waals surface area contributed by atoms with E-state index in [2.05, 4.69) is 26.7 Å². The molecular formula is C21H26N4O3S2. The Morgan fingerprint density at radius 1 is 1.30 bits per heavy atom. The maximum Gasteiger partial charge on any atom is 0.244 e. The molecule has 160 valence electrons. The van der Waals surface area contributed by atoms with Gasteiger partial charge in [-0.3, -0.25) is 4.90 Å². The van der Waals surface area contributed by atoms with Gasteiger partial charge in [-0.05, 0) is 62.7 Å². The summed E-state index contributed by atoms with van der Waals surface area (Å²) in [5, 5.41) is 6.10. The Hall–Kier alpha value is -2.07. The summed E-state index contributed by atoms with van der Waals surface area (Å²) >= 11 is 1.58. The van der Waals surface area contributed by atoms with Crippen LogP contribution in [-0.4, -0.2) is 43.1 Å². The predicted molar refractivity (Wildman–Crippen MR) is 117 cm³/mol. The van der Waals surface area contributed by atoms with E-state index in [1.165, 1.54) is 0 Å². The average molecular weight is 447 g/mol. The highest BCUT2D eigenvalue weighted by molar-refractivity contribution is 7.89. The zero-order valence-corrected chi connectivity index (χ0v) is 18.7. The summed E-state index contributed by atoms with van der Waals surface area (Å²) in [6.45, 7) is 6.13. The van der Waals surface area contributed by atoms with Crippen LogP contribution in [0.25, 0.3) is 10.7 Å². The van der Waals surface area contributed by atoms with Gasteiger partial charge in [0.2, 0.25) is 21.7 Å². The third-order valence-electron chi connectivity index (χ3n) is 5.53. The van der Waals surface area contributed by atoms with Gasteiger partial charge in [-0.25, -0.2) is 13.1 Å². The number of benzene rings is 1. The Morgan fingerprint density at radius 2 is 2.10 bits per heavy atom. The lowest BCUT2D eigenvalue weighted by Crippen LogP contribution is -2.42. The summed E-state index contributed by atoms with van der Waals surface area (Å²) in [6, 6.07) is 10.8. The minimum atomic E-state index is -3.50. The second-order valence-electron chi connectivity index (χ2n) is 7.78. The lowest BCUT2D eigenvalue weighted by molar-refractivity contribution is 0.112. The van der Waals surface area contributed by atoms with E-state index in [0.29, 0.717) is 23.2 Å². The zero-order chi connectivity index (χ0) is 21.1. The van der Waals surface area contributed by atoms with Crippen LogP contribution in [0.4, 0.5) is 0 Å². The van der Waals surface area contributed by atoms with E-state index in [-0.39, 0.29) is 12.0 Å². The summed E-state index contributed by atoms with van der Waals surface area (Å²) in [5.74, 6) is 1.45. The van der Waals surface area contributed by atoms with Crippen molar-refractivity contribution < 1.29 is 12.9 Å². The topological polar surface area (TPSA) is 88.3 Å². The van der Waals surface area contributed by atoms with Gasteiger partial charge in [0.05, 0.1) is 15.8 Å². The molecule has 0 amide bonds. The van der Waals surface area contributed by atoms with Crippen molar-refractivity contribution in [3.63, 3.8) is 0 Å². The van der Waals surface area contributed by atoms with Crippen LogP contribution in [0.3, 0.4) is 0 Å². The van der Waals surface area contributed by atoms with Gasteiger partial charge in [-0.2, -0.15) is 4.98 Å². The predicted octanol–water partition coefficient (Wildman–Crippen LogP) is 3.86. The Kier molecular flexibility index (Phi) is 6.33. The SMILES string of the molecule is Cc1ccc(S(=O)(=O)NCC2CCCN(C(C)c3nc(-c4cccs4)no3)C2)cc1. The van der Waals surface area contributed by atoms with Crippen molar-refractivity contribution in [1.29, 1.82) is 0 Å². The van der Waals surface area contributed by atoms with Crippen molar-refractivity contribution in [2.45, 2.75) is 37.6 Å². The maximum absolute atomic E-state index is 12.6. The van der Waals surface area contributed by atoms with Crippen LogP contribution in [0.5, 0.6) is 0 Å². The molecule has 1 aliphatic rings. The van der Waals surface area contributed by atoms with Crippen LogP contribution in [-0.2, 0) is 10.0 Å². The number of nitrogens with zero attached hydrogens (tertiary/aromatic N) is 3. The first-order valence-electron chi connectivity index (χ1n) is 10.1. The number of hydrogen-bond acceptors (Lipinski definition) is 7. The van der Waals surface area contributed by atoms with Crippen molar-refractivity contribution in [2.75, 3.05) is 19.6 Å². The van der Waals surface area contributed by atoms with Gasteiger partial charge in [0.1, 0.15) is 0 Å². The van der Waals surface area contributed by atoms with Crippen LogP contribution >= 0.6 is 11.3 Å². The van der Waals surface area contributed by atoms with Crippen molar-refractivity contribution in [3.05, 3.63) is 53.2 Å². The molecule has 30 heavy (non-hydrogen) atoms. The highest BCUT2D eigenvalue weighted by Gasteiger charge is 2.28. The summed E-state index contributed by atoms with van der Waals surface area (Å²) in [4.78, 5) is 8.15. The van der Waals surface area contributed by atoms with Gasteiger partial charge < -0.3 is 4.52 Å². The molecule has 2 aromatic heterocycles. The highest BCUT2D eigenvalue weighted by Crippen LogP contribution is 2.28. The fraction of sp³-hybridized carbons (Fsp3) is 0.429. The quantitative estimate of drug-likeness (QED) is 0.593. The largest absolute Gasteiger partial charge is 0.337 e. The minimum Gasteiger partial charge on any atom is -0.337 e. The number of thiophene rings is 1. The lowest BCUT2D eigenvalue weighted by Gasteiger charge is -2.35. The zero-order valence-electron chi connectivity index (χ0n) is 17.1. The van der Waals surface area contributed by atoms with E-state index in [9.17, 15) is 8.42 Å². The standard InChI is InChI=1S/C21H26N4O3S2/c1-15-7-9-18(10-8-15)30(26,27)22-13-17-5-3-11-25(14-17)16(2)21-23-20(24-28-21)19-6-4-12-29-19/h4,6-10,12,16-17,22H,3,5,11,13-14H2,1-2H3. The average Bonchev–Trinajstić information content (AvgIpc) is 3.44. The van der Waals surface area contributed by atoms with Gasteiger partial charge in [-0.1, -0.05) is 28.9 Å². The molecule has 7 nitrogen and oxygen atoms in total. The van der Waals surface area contributed by atoms with Crippen LogP contribution in [0.15, 0.2) is 51.2 Å². The first-order valence-corrected chi connectivity index (χ1v) is 12.5. The maximum atomic E-state index is 12.6. The molecule has 4 rings (SSSR count). The Labute approximate surface area is 181 Å². The number of aryl methyl sites for hydroxylation is 1. The molecule has 2 atom stereocenters. The van der Waals surface area contributed by atoms with Crippen LogP contribution in [0.1, 0.15) is 37.3 Å².